The standard InChI is InChI=1S/C21H24FNO4/c1-17-2-4-19(5-3-17)16-23(26,12-14-24)13-15-27-21(25)11-8-18-6-9-20(22)10-7-18/h2-11,24H,12-16H2,1H3/b11-8+/t23-/m0/s1. The van der Waals surface area contributed by atoms with Gasteiger partial charge in [-0.1, -0.05) is 42.0 Å². The molecule has 0 aliphatic carbocycles. The molecule has 0 heterocycles. The molecular formula is C21H24FNO4. The van der Waals surface area contributed by atoms with Crippen LogP contribution in [0.4, 0.5) is 4.39 Å². The van der Waals surface area contributed by atoms with Crippen molar-refractivity contribution < 1.29 is 23.7 Å². The summed E-state index contributed by atoms with van der Waals surface area (Å²) in [4.78, 5) is 11.8. The number of carbonyl (C=O) groups is 1. The van der Waals surface area contributed by atoms with E-state index in [2.05, 4.69) is 0 Å². The van der Waals surface area contributed by atoms with Crippen LogP contribution in [0.2, 0.25) is 0 Å². The zero-order chi connectivity index (χ0) is 19.7. The van der Waals surface area contributed by atoms with E-state index in [-0.39, 0.29) is 38.7 Å². The third-order valence-electron chi connectivity index (χ3n) is 4.12. The topological polar surface area (TPSA) is 69.6 Å². The van der Waals surface area contributed by atoms with Gasteiger partial charge in [0.2, 0.25) is 0 Å². The first kappa shape index (κ1) is 20.8. The van der Waals surface area contributed by atoms with Crippen LogP contribution in [-0.2, 0) is 16.1 Å². The first-order valence-electron chi connectivity index (χ1n) is 8.74. The van der Waals surface area contributed by atoms with Crippen molar-refractivity contribution in [3.63, 3.8) is 0 Å². The number of hydrogen-bond acceptors (Lipinski definition) is 4. The fourth-order valence-electron chi connectivity index (χ4n) is 2.58. The largest absolute Gasteiger partial charge is 0.632 e. The molecule has 0 aliphatic heterocycles. The van der Waals surface area contributed by atoms with Crippen molar-refractivity contribution in [3.8, 4) is 0 Å². The van der Waals surface area contributed by atoms with Crippen LogP contribution in [0.3, 0.4) is 0 Å². The molecule has 1 N–H and O–H groups in total. The number of hydrogen-bond donors (Lipinski definition) is 1. The number of esters is 1. The van der Waals surface area contributed by atoms with Gasteiger partial charge >= 0.3 is 5.97 Å². The lowest BCUT2D eigenvalue weighted by atomic mass is 10.1. The van der Waals surface area contributed by atoms with E-state index in [1.807, 2.05) is 31.2 Å². The highest BCUT2D eigenvalue weighted by Crippen LogP contribution is 2.14. The molecule has 0 spiro atoms. The number of aliphatic hydroxyl groups is 1. The van der Waals surface area contributed by atoms with Crippen molar-refractivity contribution in [1.29, 1.82) is 0 Å². The van der Waals surface area contributed by atoms with Gasteiger partial charge in [0.15, 0.2) is 0 Å². The first-order valence-corrected chi connectivity index (χ1v) is 8.74. The third-order valence-corrected chi connectivity index (χ3v) is 4.12. The van der Waals surface area contributed by atoms with Gasteiger partial charge < -0.3 is 19.7 Å². The highest BCUT2D eigenvalue weighted by atomic mass is 19.1. The van der Waals surface area contributed by atoms with E-state index in [4.69, 9.17) is 4.74 Å². The quantitative estimate of drug-likeness (QED) is 0.317. The van der Waals surface area contributed by atoms with Crippen LogP contribution in [-0.4, -0.2) is 42.0 Å². The summed E-state index contributed by atoms with van der Waals surface area (Å²) in [5, 5.41) is 22.1. The molecule has 0 saturated carbocycles. The second-order valence-electron chi connectivity index (χ2n) is 6.43. The Balaban J connectivity index is 1.86. The number of rotatable bonds is 9. The molecule has 0 fully saturated rings. The first-order chi connectivity index (χ1) is 12.9. The zero-order valence-electron chi connectivity index (χ0n) is 15.3. The molecule has 2 rings (SSSR count). The number of nitrogens with zero attached hydrogens (tertiary/aromatic N) is 1. The second-order valence-corrected chi connectivity index (χ2v) is 6.43. The number of halogens is 1. The summed E-state index contributed by atoms with van der Waals surface area (Å²) in [6, 6.07) is 13.3. The maximum Gasteiger partial charge on any atom is 0.330 e. The summed E-state index contributed by atoms with van der Waals surface area (Å²) in [6.07, 6.45) is 2.75. The number of ether oxygens (including phenoxy) is 1. The normalized spacial score (nSPS) is 13.5. The summed E-state index contributed by atoms with van der Waals surface area (Å²) in [5.74, 6) is -0.929. The van der Waals surface area contributed by atoms with E-state index >= 15 is 0 Å². The van der Waals surface area contributed by atoms with E-state index in [9.17, 15) is 19.5 Å². The smallest absolute Gasteiger partial charge is 0.330 e. The minimum atomic E-state index is -0.672. The molecule has 5 nitrogen and oxygen atoms in total. The summed E-state index contributed by atoms with van der Waals surface area (Å²) in [6.45, 7) is 1.94. The Kier molecular flexibility index (Phi) is 7.67. The molecule has 27 heavy (non-hydrogen) atoms. The zero-order valence-corrected chi connectivity index (χ0v) is 15.3. The fourth-order valence-corrected chi connectivity index (χ4v) is 2.58. The predicted octanol–water partition coefficient (Wildman–Crippen LogP) is 3.20. The molecule has 0 unspecified atom stereocenters. The van der Waals surface area contributed by atoms with E-state index < -0.39 is 10.6 Å². The lowest BCUT2D eigenvalue weighted by molar-refractivity contribution is -0.894. The molecule has 0 aliphatic rings. The molecule has 1 atom stereocenters. The SMILES string of the molecule is Cc1ccc(C[N@+]([O-])(CCO)CCOC(=O)/C=C/c2ccc(F)cc2)cc1. The molecule has 0 radical (unpaired) electrons. The molecular weight excluding hydrogens is 349 g/mol. The Morgan fingerprint density at radius 3 is 2.44 bits per heavy atom. The molecule has 0 saturated heterocycles. The minimum absolute atomic E-state index is 0.0246. The Morgan fingerprint density at radius 1 is 1.15 bits per heavy atom. The molecule has 6 heteroatoms. The van der Waals surface area contributed by atoms with Crippen molar-refractivity contribution in [2.24, 2.45) is 0 Å². The second kappa shape index (κ2) is 9.97. The highest BCUT2D eigenvalue weighted by molar-refractivity contribution is 5.87. The number of benzene rings is 2. The molecule has 0 aromatic heterocycles. The monoisotopic (exact) mass is 373 g/mol. The van der Waals surface area contributed by atoms with Gasteiger partial charge in [-0.05, 0) is 30.7 Å². The van der Waals surface area contributed by atoms with Gasteiger partial charge in [-0.25, -0.2) is 9.18 Å². The number of aliphatic hydroxyl groups excluding tert-OH is 1. The molecule has 144 valence electrons. The Bertz CT molecular complexity index is 759. The molecule has 2 aromatic rings. The van der Waals surface area contributed by atoms with E-state index in [1.165, 1.54) is 24.3 Å². The lowest BCUT2D eigenvalue weighted by Crippen LogP contribution is -2.46. The van der Waals surface area contributed by atoms with Gasteiger partial charge in [0.05, 0.1) is 6.61 Å². The number of aryl methyl sites for hydroxylation is 1. The average Bonchev–Trinajstić information content (AvgIpc) is 2.63. The van der Waals surface area contributed by atoms with Crippen molar-refractivity contribution >= 4 is 12.0 Å². The summed E-state index contributed by atoms with van der Waals surface area (Å²) < 4.78 is 17.3. The third kappa shape index (κ3) is 7.30. The van der Waals surface area contributed by atoms with Gasteiger partial charge in [0.1, 0.15) is 32.1 Å². The Labute approximate surface area is 158 Å². The lowest BCUT2D eigenvalue weighted by Gasteiger charge is -2.42. The van der Waals surface area contributed by atoms with Crippen molar-refractivity contribution in [2.45, 2.75) is 13.5 Å². The van der Waals surface area contributed by atoms with E-state index in [0.29, 0.717) is 5.56 Å². The minimum Gasteiger partial charge on any atom is -0.632 e. The maximum absolute atomic E-state index is 12.9. The Morgan fingerprint density at radius 2 is 1.81 bits per heavy atom. The van der Waals surface area contributed by atoms with Gasteiger partial charge in [-0.2, -0.15) is 0 Å². The number of hydroxylamine groups is 3. The van der Waals surface area contributed by atoms with Gasteiger partial charge in [0, 0.05) is 11.6 Å². The van der Waals surface area contributed by atoms with Crippen LogP contribution in [0.25, 0.3) is 6.08 Å². The predicted molar refractivity (Wildman–Crippen MR) is 102 cm³/mol. The molecule has 2 aromatic carbocycles. The molecule has 0 bridgehead atoms. The average molecular weight is 373 g/mol. The van der Waals surface area contributed by atoms with Crippen LogP contribution in [0, 0.1) is 17.9 Å². The van der Waals surface area contributed by atoms with Crippen molar-refractivity contribution in [3.05, 3.63) is 82.3 Å². The maximum atomic E-state index is 12.9. The fraction of sp³-hybridized carbons (Fsp3) is 0.286. The van der Waals surface area contributed by atoms with E-state index in [1.54, 1.807) is 12.1 Å². The Hall–Kier alpha value is -2.54. The van der Waals surface area contributed by atoms with Gasteiger partial charge in [-0.15, -0.1) is 0 Å². The summed E-state index contributed by atoms with van der Waals surface area (Å²) >= 11 is 0. The van der Waals surface area contributed by atoms with Crippen molar-refractivity contribution in [1.82, 2.24) is 0 Å². The summed E-state index contributed by atoms with van der Waals surface area (Å²) in [5.41, 5.74) is 2.64. The van der Waals surface area contributed by atoms with Crippen molar-refractivity contribution in [2.75, 3.05) is 26.3 Å². The van der Waals surface area contributed by atoms with Crippen LogP contribution in [0.1, 0.15) is 16.7 Å². The number of quaternary nitrogens is 1. The number of carbonyl (C=O) groups excluding carboxylic acids is 1. The van der Waals surface area contributed by atoms with Crippen LogP contribution in [0.5, 0.6) is 0 Å². The summed E-state index contributed by atoms with van der Waals surface area (Å²) in [7, 11) is 0. The molecule has 0 amide bonds. The van der Waals surface area contributed by atoms with Crippen LogP contribution >= 0.6 is 0 Å². The van der Waals surface area contributed by atoms with E-state index in [0.717, 1.165) is 11.1 Å². The van der Waals surface area contributed by atoms with Gasteiger partial charge in [-0.3, -0.25) is 0 Å². The van der Waals surface area contributed by atoms with Crippen LogP contribution < -0.4 is 0 Å². The van der Waals surface area contributed by atoms with Gasteiger partial charge in [0.25, 0.3) is 0 Å². The highest BCUT2D eigenvalue weighted by Gasteiger charge is 2.18. The van der Waals surface area contributed by atoms with Crippen LogP contribution in [0.15, 0.2) is 54.6 Å².